The zero-order valence-corrected chi connectivity index (χ0v) is 19.6. The number of thiophene rings is 1. The van der Waals surface area contributed by atoms with Crippen molar-refractivity contribution in [3.63, 3.8) is 0 Å². The van der Waals surface area contributed by atoms with Crippen LogP contribution in [0.2, 0.25) is 0 Å². The topological polar surface area (TPSA) is 24.7 Å². The molecule has 166 valence electrons. The first kappa shape index (κ1) is 25.6. The van der Waals surface area contributed by atoms with Crippen molar-refractivity contribution < 1.29 is 30.7 Å². The molecule has 0 aliphatic rings. The Morgan fingerprint density at radius 2 is 1.16 bits per heavy atom. The molecule has 2 aromatic carbocycles. The van der Waals surface area contributed by atoms with E-state index >= 15 is 0 Å². The van der Waals surface area contributed by atoms with Gasteiger partial charge in [0.25, 0.3) is 0 Å². The van der Waals surface area contributed by atoms with Crippen LogP contribution < -0.4 is 0 Å². The molecule has 0 radical (unpaired) electrons. The Kier molecular flexibility index (Phi) is 9.72. The van der Waals surface area contributed by atoms with Crippen LogP contribution in [0.5, 0.6) is 0 Å². The second-order valence-electron chi connectivity index (χ2n) is 6.13. The van der Waals surface area contributed by atoms with E-state index in [4.69, 9.17) is 20.2 Å². The van der Waals surface area contributed by atoms with E-state index in [1.54, 1.807) is 19.1 Å². The molecule has 10 heteroatoms. The minimum atomic E-state index is -4.36. The van der Waals surface area contributed by atoms with Crippen LogP contribution in [0.3, 0.4) is 0 Å². The van der Waals surface area contributed by atoms with Gasteiger partial charge < -0.3 is 0 Å². The molecule has 0 fully saturated rings. The summed E-state index contributed by atoms with van der Waals surface area (Å²) in [5.74, 6) is -0.315. The van der Waals surface area contributed by atoms with Gasteiger partial charge in [0.15, 0.2) is 0 Å². The summed E-state index contributed by atoms with van der Waals surface area (Å²) < 4.78 is 50.9. The van der Waals surface area contributed by atoms with Gasteiger partial charge in [0.2, 0.25) is 0 Å². The first-order valence-electron chi connectivity index (χ1n) is 8.63. The van der Waals surface area contributed by atoms with Crippen LogP contribution in [-0.2, 0) is 19.3 Å². The van der Waals surface area contributed by atoms with Gasteiger partial charge in [0.05, 0.1) is 28.4 Å². The van der Waals surface area contributed by atoms with Gasteiger partial charge in [-0.2, -0.15) is 13.2 Å². The van der Waals surface area contributed by atoms with Gasteiger partial charge in [-0.25, -0.2) is 4.39 Å². The summed E-state index contributed by atoms with van der Waals surface area (Å²) in [5.41, 5.74) is 1.90. The standard InChI is InChI=1S/C21H16F4N2S.2ClH.Fe/c1-13(26-17-7-3-15(4-8-17)21(23,24)25)19-11-12-20(28-19)14(2)27-18-9-5-16(22)6-10-18;;;/h3-12H,1-2H3;2*1H;/q;;;+2/p-2. The van der Waals surface area contributed by atoms with Gasteiger partial charge in [-0.15, -0.1) is 11.3 Å². The van der Waals surface area contributed by atoms with Crippen molar-refractivity contribution in [2.75, 3.05) is 0 Å². The maximum atomic E-state index is 13.0. The molecular weight excluding hydrogens is 515 g/mol. The van der Waals surface area contributed by atoms with E-state index in [0.29, 0.717) is 17.1 Å². The van der Waals surface area contributed by atoms with Crippen LogP contribution in [0, 0.1) is 5.82 Å². The fraction of sp³-hybridized carbons (Fsp3) is 0.143. The average molecular weight is 531 g/mol. The van der Waals surface area contributed by atoms with Crippen LogP contribution in [0.15, 0.2) is 70.6 Å². The van der Waals surface area contributed by atoms with E-state index in [9.17, 15) is 17.6 Å². The van der Waals surface area contributed by atoms with Gasteiger partial charge >= 0.3 is 39.5 Å². The Bertz CT molecular complexity index is 1050. The van der Waals surface area contributed by atoms with Crippen molar-refractivity contribution in [3.05, 3.63) is 81.8 Å². The Balaban J connectivity index is 0.00000107. The molecule has 1 heterocycles. The third kappa shape index (κ3) is 8.05. The molecule has 0 bridgehead atoms. The van der Waals surface area contributed by atoms with E-state index in [2.05, 4.69) is 9.98 Å². The van der Waals surface area contributed by atoms with Crippen molar-refractivity contribution in [1.29, 1.82) is 0 Å². The Morgan fingerprint density at radius 3 is 1.55 bits per heavy atom. The predicted molar refractivity (Wildman–Crippen MR) is 118 cm³/mol. The fourth-order valence-electron chi connectivity index (χ4n) is 2.46. The molecule has 0 aliphatic heterocycles. The van der Waals surface area contributed by atoms with E-state index < -0.39 is 11.7 Å². The van der Waals surface area contributed by atoms with Crippen LogP contribution >= 0.6 is 31.5 Å². The molecule has 0 amide bonds. The minimum absolute atomic E-state index is 0.194. The second kappa shape index (κ2) is 11.8. The van der Waals surface area contributed by atoms with Crippen molar-refractivity contribution in [3.8, 4) is 0 Å². The summed E-state index contributed by atoms with van der Waals surface area (Å²) in [4.78, 5) is 10.7. The molecule has 1 aromatic heterocycles. The number of nitrogens with zero attached hydrogens (tertiary/aromatic N) is 2. The molecule has 0 spiro atoms. The van der Waals surface area contributed by atoms with Gasteiger partial charge in [-0.3, -0.25) is 9.98 Å². The molecule has 0 unspecified atom stereocenters. The monoisotopic (exact) mass is 530 g/mol. The van der Waals surface area contributed by atoms with Gasteiger partial charge in [0.1, 0.15) is 5.82 Å². The number of alkyl halides is 3. The predicted octanol–water partition coefficient (Wildman–Crippen LogP) is 8.56. The maximum absolute atomic E-state index is 13.0. The van der Waals surface area contributed by atoms with E-state index in [-0.39, 0.29) is 19.0 Å². The van der Waals surface area contributed by atoms with E-state index in [1.807, 2.05) is 19.1 Å². The second-order valence-corrected chi connectivity index (χ2v) is 9.04. The third-order valence-electron chi connectivity index (χ3n) is 3.93. The molecule has 2 nitrogen and oxygen atoms in total. The summed E-state index contributed by atoms with van der Waals surface area (Å²) in [6, 6.07) is 14.5. The number of hydrogen-bond acceptors (Lipinski definition) is 3. The summed E-state index contributed by atoms with van der Waals surface area (Å²) >= 11 is 1.68. The van der Waals surface area contributed by atoms with Gasteiger partial charge in [0, 0.05) is 9.75 Å². The number of aliphatic imine (C=N–C) groups is 2. The van der Waals surface area contributed by atoms with Crippen LogP contribution in [-0.4, -0.2) is 11.4 Å². The fourth-order valence-corrected chi connectivity index (χ4v) is 3.36. The summed E-state index contributed by atoms with van der Waals surface area (Å²) in [6.07, 6.45) is -4.36. The first-order valence-corrected chi connectivity index (χ1v) is 12.5. The van der Waals surface area contributed by atoms with Gasteiger partial charge in [-0.05, 0) is 74.5 Å². The molecule has 31 heavy (non-hydrogen) atoms. The first-order chi connectivity index (χ1) is 14.6. The average Bonchev–Trinajstić information content (AvgIpc) is 3.21. The van der Waals surface area contributed by atoms with Crippen molar-refractivity contribution >= 4 is 54.3 Å². The van der Waals surface area contributed by atoms with E-state index in [0.717, 1.165) is 27.6 Å². The Morgan fingerprint density at radius 1 is 0.774 bits per heavy atom. The van der Waals surface area contributed by atoms with Crippen LogP contribution in [0.25, 0.3) is 0 Å². The third-order valence-corrected chi connectivity index (χ3v) is 5.24. The van der Waals surface area contributed by atoms with Crippen LogP contribution in [0.1, 0.15) is 29.2 Å². The van der Waals surface area contributed by atoms with Crippen molar-refractivity contribution in [2.24, 2.45) is 9.98 Å². The van der Waals surface area contributed by atoms with Crippen molar-refractivity contribution in [1.82, 2.24) is 0 Å². The number of rotatable bonds is 4. The van der Waals surface area contributed by atoms with E-state index in [1.165, 1.54) is 35.6 Å². The van der Waals surface area contributed by atoms with Crippen LogP contribution in [0.4, 0.5) is 28.9 Å². The molecular formula is C21H16Cl2F4FeN2S. The number of halogens is 6. The summed E-state index contributed by atoms with van der Waals surface area (Å²) in [5, 5.41) is 0. The quantitative estimate of drug-likeness (QED) is 0.183. The zero-order valence-electron chi connectivity index (χ0n) is 16.2. The molecule has 3 aromatic rings. The summed E-state index contributed by atoms with van der Waals surface area (Å²) in [7, 11) is 9.53. The number of hydrogen-bond donors (Lipinski definition) is 0. The molecule has 0 N–H and O–H groups in total. The molecule has 0 aliphatic carbocycles. The molecule has 3 rings (SSSR count). The molecule has 0 saturated heterocycles. The SMILES string of the molecule is CC(=Nc1ccc(F)cc1)c1ccc(C(C)=Nc2ccc(C(F)(F)F)cc2)s1.[Cl][Fe][Cl]. The van der Waals surface area contributed by atoms with Gasteiger partial charge in [-0.1, -0.05) is 0 Å². The van der Waals surface area contributed by atoms with Crippen molar-refractivity contribution in [2.45, 2.75) is 20.0 Å². The number of benzene rings is 2. The zero-order chi connectivity index (χ0) is 23.0. The summed E-state index contributed by atoms with van der Waals surface area (Å²) in [6.45, 7) is 3.67. The Labute approximate surface area is 196 Å². The molecule has 0 saturated carbocycles. The molecule has 0 atom stereocenters. The Hall–Kier alpha value is -1.70. The normalized spacial score (nSPS) is 12.5.